The number of carbonyl (C=O) groups excluding carboxylic acids is 2. The van der Waals surface area contributed by atoms with E-state index in [1.165, 1.54) is 7.11 Å². The number of H-pyrrole nitrogens is 1. The fraction of sp³-hybridized carbons (Fsp3) is 0.258. The van der Waals surface area contributed by atoms with Crippen molar-refractivity contribution in [3.63, 3.8) is 0 Å². The number of hydrogen-bond acceptors (Lipinski definition) is 5. The van der Waals surface area contributed by atoms with Crippen molar-refractivity contribution in [2.45, 2.75) is 44.6 Å². The molecular formula is C31H30N2O4. The summed E-state index contributed by atoms with van der Waals surface area (Å²) in [5.41, 5.74) is 5.71. The van der Waals surface area contributed by atoms with E-state index in [0.717, 1.165) is 65.1 Å². The van der Waals surface area contributed by atoms with Crippen LogP contribution in [0.4, 0.5) is 0 Å². The monoisotopic (exact) mass is 494 g/mol. The molecule has 6 nitrogen and oxygen atoms in total. The molecule has 1 aliphatic carbocycles. The van der Waals surface area contributed by atoms with Gasteiger partial charge in [0, 0.05) is 30.8 Å². The summed E-state index contributed by atoms with van der Waals surface area (Å²) in [7, 11) is 1.38. The standard InChI is InChI=1S/C31H30N2O4/c1-36-31(35)23-13-10-21(11-14-23)12-15-26-24-8-5-9-27(34)25(24)16-17-28(26)37-29(20-30-32-18-19-33-30)22-6-3-2-4-7-22/h2-4,6-7,10-11,13-14,16-19,29H,5,8-9,12,15,20H2,1H3,(H,32,33)/t29-/m0/s1. The topological polar surface area (TPSA) is 81.3 Å². The van der Waals surface area contributed by atoms with Gasteiger partial charge in [-0.1, -0.05) is 42.5 Å². The Kier molecular flexibility index (Phi) is 7.45. The molecule has 0 unspecified atom stereocenters. The third-order valence-electron chi connectivity index (χ3n) is 6.93. The molecular weight excluding hydrogens is 464 g/mol. The summed E-state index contributed by atoms with van der Waals surface area (Å²) in [5.74, 6) is 1.52. The Morgan fingerprint density at radius 3 is 2.54 bits per heavy atom. The second-order valence-corrected chi connectivity index (χ2v) is 9.29. The van der Waals surface area contributed by atoms with Gasteiger partial charge < -0.3 is 14.5 Å². The highest BCUT2D eigenvalue weighted by molar-refractivity contribution is 5.99. The van der Waals surface area contributed by atoms with Crippen LogP contribution in [0.1, 0.15) is 67.7 Å². The van der Waals surface area contributed by atoms with Crippen LogP contribution in [0.2, 0.25) is 0 Å². The van der Waals surface area contributed by atoms with E-state index in [4.69, 9.17) is 9.47 Å². The van der Waals surface area contributed by atoms with Gasteiger partial charge >= 0.3 is 5.97 Å². The van der Waals surface area contributed by atoms with Crippen LogP contribution in [-0.2, 0) is 30.4 Å². The maximum absolute atomic E-state index is 12.7. The molecule has 0 aliphatic heterocycles. The maximum Gasteiger partial charge on any atom is 0.337 e. The van der Waals surface area contributed by atoms with Crippen LogP contribution in [0.5, 0.6) is 5.75 Å². The first-order valence-corrected chi connectivity index (χ1v) is 12.7. The van der Waals surface area contributed by atoms with Gasteiger partial charge in [0.2, 0.25) is 0 Å². The highest BCUT2D eigenvalue weighted by Crippen LogP contribution is 2.35. The Morgan fingerprint density at radius 2 is 1.81 bits per heavy atom. The first-order chi connectivity index (χ1) is 18.1. The van der Waals surface area contributed by atoms with E-state index in [1.54, 1.807) is 18.3 Å². The van der Waals surface area contributed by atoms with Crippen molar-refractivity contribution in [3.8, 4) is 5.75 Å². The number of aromatic amines is 1. The van der Waals surface area contributed by atoms with E-state index in [1.807, 2.05) is 48.7 Å². The highest BCUT2D eigenvalue weighted by atomic mass is 16.5. The minimum atomic E-state index is -0.346. The summed E-state index contributed by atoms with van der Waals surface area (Å²) in [5, 5.41) is 0. The van der Waals surface area contributed by atoms with Crippen LogP contribution < -0.4 is 4.74 Å². The molecule has 6 heteroatoms. The van der Waals surface area contributed by atoms with E-state index in [9.17, 15) is 9.59 Å². The number of hydrogen-bond donors (Lipinski definition) is 1. The van der Waals surface area contributed by atoms with Crippen molar-refractivity contribution in [3.05, 3.63) is 118 Å². The number of fused-ring (bicyclic) bond motifs is 1. The minimum absolute atomic E-state index is 0.201. The summed E-state index contributed by atoms with van der Waals surface area (Å²) in [6, 6.07) is 21.5. The molecule has 1 heterocycles. The van der Waals surface area contributed by atoms with Gasteiger partial charge in [-0.25, -0.2) is 9.78 Å². The van der Waals surface area contributed by atoms with Gasteiger partial charge in [-0.15, -0.1) is 0 Å². The van der Waals surface area contributed by atoms with E-state index in [2.05, 4.69) is 22.1 Å². The predicted octanol–water partition coefficient (Wildman–Crippen LogP) is 5.86. The molecule has 0 spiro atoms. The smallest absolute Gasteiger partial charge is 0.337 e. The molecule has 0 bridgehead atoms. The van der Waals surface area contributed by atoms with Crippen molar-refractivity contribution in [2.24, 2.45) is 0 Å². The third-order valence-corrected chi connectivity index (χ3v) is 6.93. The van der Waals surface area contributed by atoms with Crippen LogP contribution in [-0.4, -0.2) is 28.8 Å². The van der Waals surface area contributed by atoms with Crippen LogP contribution in [0.3, 0.4) is 0 Å². The summed E-state index contributed by atoms with van der Waals surface area (Å²) >= 11 is 0. The summed E-state index contributed by atoms with van der Waals surface area (Å²) in [4.78, 5) is 32.1. The first kappa shape index (κ1) is 24.5. The Balaban J connectivity index is 1.46. The van der Waals surface area contributed by atoms with E-state index < -0.39 is 0 Å². The molecule has 1 N–H and O–H groups in total. The minimum Gasteiger partial charge on any atom is -0.485 e. The zero-order valence-corrected chi connectivity index (χ0v) is 20.9. The van der Waals surface area contributed by atoms with Crippen molar-refractivity contribution in [1.29, 1.82) is 0 Å². The lowest BCUT2D eigenvalue weighted by atomic mass is 9.85. The average Bonchev–Trinajstić information content (AvgIpc) is 3.46. The predicted molar refractivity (Wildman–Crippen MR) is 141 cm³/mol. The number of nitrogens with one attached hydrogen (secondary N) is 1. The van der Waals surface area contributed by atoms with E-state index >= 15 is 0 Å². The Morgan fingerprint density at radius 1 is 1.00 bits per heavy atom. The fourth-order valence-corrected chi connectivity index (χ4v) is 4.99. The van der Waals surface area contributed by atoms with Gasteiger partial charge in [0.05, 0.1) is 12.7 Å². The van der Waals surface area contributed by atoms with Crippen LogP contribution >= 0.6 is 0 Å². The Bertz CT molecular complexity index is 1360. The van der Waals surface area contributed by atoms with Gasteiger partial charge in [-0.2, -0.15) is 0 Å². The van der Waals surface area contributed by atoms with Gasteiger partial charge in [-0.05, 0) is 72.2 Å². The lowest BCUT2D eigenvalue weighted by Gasteiger charge is -2.25. The number of Topliss-reactive ketones (excluding diaryl/α,β-unsaturated/α-hetero) is 1. The number of carbonyl (C=O) groups is 2. The van der Waals surface area contributed by atoms with Gasteiger partial charge in [-0.3, -0.25) is 4.79 Å². The second kappa shape index (κ2) is 11.2. The molecule has 0 saturated carbocycles. The molecule has 5 rings (SSSR count). The number of aryl methyl sites for hydroxylation is 1. The average molecular weight is 495 g/mol. The highest BCUT2D eigenvalue weighted by Gasteiger charge is 2.25. The fourth-order valence-electron chi connectivity index (χ4n) is 4.99. The number of esters is 1. The Hall–Kier alpha value is -4.19. The van der Waals surface area contributed by atoms with Gasteiger partial charge in [0.25, 0.3) is 0 Å². The summed E-state index contributed by atoms with van der Waals surface area (Å²) in [6.45, 7) is 0. The molecule has 1 aliphatic rings. The molecule has 0 amide bonds. The van der Waals surface area contributed by atoms with Crippen molar-refractivity contribution in [1.82, 2.24) is 9.97 Å². The number of benzene rings is 3. The molecule has 1 aromatic heterocycles. The van der Waals surface area contributed by atoms with Crippen LogP contribution in [0.25, 0.3) is 0 Å². The molecule has 3 aromatic carbocycles. The number of methoxy groups -OCH3 is 1. The maximum atomic E-state index is 12.7. The number of rotatable bonds is 9. The molecule has 0 radical (unpaired) electrons. The molecule has 188 valence electrons. The largest absolute Gasteiger partial charge is 0.485 e. The van der Waals surface area contributed by atoms with Crippen molar-refractivity contribution in [2.75, 3.05) is 7.11 Å². The second-order valence-electron chi connectivity index (χ2n) is 9.29. The number of nitrogens with zero attached hydrogens (tertiary/aromatic N) is 1. The number of ether oxygens (including phenoxy) is 2. The summed E-state index contributed by atoms with van der Waals surface area (Å²) in [6.07, 6.45) is 7.73. The third kappa shape index (κ3) is 5.64. The van der Waals surface area contributed by atoms with Gasteiger partial charge in [0.1, 0.15) is 17.7 Å². The van der Waals surface area contributed by atoms with E-state index in [0.29, 0.717) is 18.4 Å². The number of imidazole rings is 1. The van der Waals surface area contributed by atoms with Crippen LogP contribution in [0.15, 0.2) is 79.1 Å². The molecule has 37 heavy (non-hydrogen) atoms. The zero-order chi connectivity index (χ0) is 25.6. The zero-order valence-electron chi connectivity index (χ0n) is 20.9. The summed E-state index contributed by atoms with van der Waals surface area (Å²) < 4.78 is 11.5. The number of aromatic nitrogens is 2. The molecule has 1 atom stereocenters. The SMILES string of the molecule is COC(=O)c1ccc(CCc2c(O[C@@H](Cc3ncc[nH]3)c3ccccc3)ccc3c2CCCC3=O)cc1. The van der Waals surface area contributed by atoms with Crippen molar-refractivity contribution < 1.29 is 19.1 Å². The lowest BCUT2D eigenvalue weighted by Crippen LogP contribution is -2.17. The van der Waals surface area contributed by atoms with Gasteiger partial charge in [0.15, 0.2) is 5.78 Å². The normalized spacial score (nSPS) is 13.6. The van der Waals surface area contributed by atoms with E-state index in [-0.39, 0.29) is 17.9 Å². The molecule has 0 saturated heterocycles. The lowest BCUT2D eigenvalue weighted by molar-refractivity contribution is 0.0600. The Labute approximate surface area is 216 Å². The van der Waals surface area contributed by atoms with Crippen LogP contribution in [0, 0.1) is 0 Å². The van der Waals surface area contributed by atoms with Crippen molar-refractivity contribution >= 4 is 11.8 Å². The quantitative estimate of drug-likeness (QED) is 0.295. The molecule has 0 fully saturated rings. The number of ketones is 1. The molecule has 4 aromatic rings. The first-order valence-electron chi connectivity index (χ1n) is 12.7.